The molecule has 1 aromatic rings. The second-order valence-electron chi connectivity index (χ2n) is 5.14. The molecule has 0 spiro atoms. The lowest BCUT2D eigenvalue weighted by Gasteiger charge is -2.08. The highest BCUT2D eigenvalue weighted by Gasteiger charge is 2.21. The van der Waals surface area contributed by atoms with Gasteiger partial charge in [0.2, 0.25) is 0 Å². The molecule has 0 radical (unpaired) electrons. The minimum absolute atomic E-state index is 0.295. The van der Waals surface area contributed by atoms with E-state index in [1.54, 1.807) is 12.1 Å². The number of carbonyl (C=O) groups is 1. The molecular weight excluding hydrogens is 268 g/mol. The molecule has 0 aromatic heterocycles. The smallest absolute Gasteiger partial charge is 0.335 e. The second kappa shape index (κ2) is 9.87. The number of benzene rings is 1. The predicted molar refractivity (Wildman–Crippen MR) is 87.8 cm³/mol. The first-order valence-corrected chi connectivity index (χ1v) is 9.26. The van der Waals surface area contributed by atoms with Gasteiger partial charge in [-0.25, -0.2) is 4.79 Å². The van der Waals surface area contributed by atoms with Gasteiger partial charge in [-0.2, -0.15) is 0 Å². The molecule has 0 fully saturated rings. The molecule has 3 heteroatoms. The van der Waals surface area contributed by atoms with Crippen molar-refractivity contribution in [2.24, 2.45) is 0 Å². The van der Waals surface area contributed by atoms with Crippen molar-refractivity contribution in [1.82, 2.24) is 0 Å². The number of carboxylic acids is 1. The third kappa shape index (κ3) is 6.00. The van der Waals surface area contributed by atoms with Crippen molar-refractivity contribution in [1.29, 1.82) is 0 Å². The van der Waals surface area contributed by atoms with Crippen molar-refractivity contribution < 1.29 is 9.90 Å². The molecule has 0 bridgehead atoms. The number of unbranched alkanes of at least 4 members (excludes halogenated alkanes) is 4. The summed E-state index contributed by atoms with van der Waals surface area (Å²) in [5.41, 5.74) is 0.388. The number of hydrogen-bond acceptors (Lipinski definition) is 1. The van der Waals surface area contributed by atoms with Crippen molar-refractivity contribution in [2.75, 3.05) is 11.5 Å². The first-order valence-electron chi connectivity index (χ1n) is 7.69. The van der Waals surface area contributed by atoms with Gasteiger partial charge >= 0.3 is 5.97 Å². The Kier molecular flexibility index (Phi) is 8.43. The maximum absolute atomic E-state index is 10.9. The van der Waals surface area contributed by atoms with Crippen molar-refractivity contribution >= 4 is 16.9 Å². The van der Waals surface area contributed by atoms with Crippen molar-refractivity contribution in [2.45, 2.75) is 57.3 Å². The third-order valence-electron chi connectivity index (χ3n) is 3.42. The predicted octanol–water partition coefficient (Wildman–Crippen LogP) is 4.74. The molecular formula is C17H27O2S+. The number of aromatic carboxylic acids is 1. The van der Waals surface area contributed by atoms with Gasteiger partial charge in [0.25, 0.3) is 0 Å². The zero-order chi connectivity index (χ0) is 14.8. The Bertz CT molecular complexity index is 376. The molecule has 0 unspecified atom stereocenters. The molecule has 0 heterocycles. The standard InChI is InChI=1S/C17H26O2S/c1-3-5-7-13-20(14-8-6-4-2)16-11-9-15(10-12-16)17(18)19/h9-12H,3-8,13-14H2,1-2H3/p+1. The number of carboxylic acid groups (broad SMARTS) is 1. The van der Waals surface area contributed by atoms with Gasteiger partial charge in [0.1, 0.15) is 11.5 Å². The van der Waals surface area contributed by atoms with Gasteiger partial charge in [0, 0.05) is 10.9 Å². The molecule has 0 atom stereocenters. The molecule has 0 saturated carbocycles. The van der Waals surface area contributed by atoms with E-state index in [4.69, 9.17) is 5.11 Å². The molecule has 1 aromatic carbocycles. The SMILES string of the molecule is CCCCC[S+](CCCCC)c1ccc(C(=O)O)cc1. The van der Waals surface area contributed by atoms with E-state index in [1.165, 1.54) is 54.9 Å². The van der Waals surface area contributed by atoms with Crippen LogP contribution in [0.25, 0.3) is 0 Å². The Hall–Kier alpha value is -0.960. The van der Waals surface area contributed by atoms with Crippen LogP contribution in [0, 0.1) is 0 Å². The molecule has 0 amide bonds. The highest BCUT2D eigenvalue weighted by Crippen LogP contribution is 2.19. The highest BCUT2D eigenvalue weighted by molar-refractivity contribution is 7.96. The summed E-state index contributed by atoms with van der Waals surface area (Å²) in [5, 5.41) is 8.96. The molecule has 1 N–H and O–H groups in total. The lowest BCUT2D eigenvalue weighted by Crippen LogP contribution is -2.13. The van der Waals surface area contributed by atoms with E-state index in [1.807, 2.05) is 12.1 Å². The molecule has 0 aliphatic heterocycles. The first kappa shape index (κ1) is 17.1. The maximum Gasteiger partial charge on any atom is 0.335 e. The van der Waals surface area contributed by atoms with E-state index in [-0.39, 0.29) is 0 Å². The zero-order valence-electron chi connectivity index (χ0n) is 12.7. The highest BCUT2D eigenvalue weighted by atomic mass is 32.2. The van der Waals surface area contributed by atoms with E-state index in [0.717, 1.165) is 0 Å². The molecule has 0 aliphatic carbocycles. The molecule has 0 aliphatic rings. The Morgan fingerprint density at radius 2 is 1.45 bits per heavy atom. The lowest BCUT2D eigenvalue weighted by atomic mass is 10.2. The van der Waals surface area contributed by atoms with Crippen LogP contribution in [0.3, 0.4) is 0 Å². The van der Waals surface area contributed by atoms with E-state index in [0.29, 0.717) is 16.5 Å². The van der Waals surface area contributed by atoms with Gasteiger partial charge in [0.05, 0.1) is 5.56 Å². The summed E-state index contributed by atoms with van der Waals surface area (Å²) in [6.07, 6.45) is 7.67. The van der Waals surface area contributed by atoms with Crippen molar-refractivity contribution in [3.8, 4) is 0 Å². The molecule has 0 saturated heterocycles. The van der Waals surface area contributed by atoms with Crippen LogP contribution in [0.5, 0.6) is 0 Å². The maximum atomic E-state index is 10.9. The largest absolute Gasteiger partial charge is 0.478 e. The van der Waals surface area contributed by atoms with Crippen LogP contribution < -0.4 is 0 Å². The van der Waals surface area contributed by atoms with Gasteiger partial charge in [-0.3, -0.25) is 0 Å². The van der Waals surface area contributed by atoms with Crippen LogP contribution in [0.4, 0.5) is 0 Å². The molecule has 112 valence electrons. The summed E-state index contributed by atoms with van der Waals surface area (Å²) in [6, 6.07) is 7.53. The first-order chi connectivity index (χ1) is 9.69. The number of hydrogen-bond donors (Lipinski definition) is 1. The van der Waals surface area contributed by atoms with Crippen molar-refractivity contribution in [3.63, 3.8) is 0 Å². The van der Waals surface area contributed by atoms with Crippen LogP contribution in [-0.4, -0.2) is 22.6 Å². The van der Waals surface area contributed by atoms with Crippen LogP contribution in [0.2, 0.25) is 0 Å². The quantitative estimate of drug-likeness (QED) is 0.500. The Morgan fingerprint density at radius 1 is 0.950 bits per heavy atom. The normalized spacial score (nSPS) is 10.9. The van der Waals surface area contributed by atoms with Crippen LogP contribution in [0.15, 0.2) is 29.2 Å². The minimum Gasteiger partial charge on any atom is -0.478 e. The Balaban J connectivity index is 2.66. The van der Waals surface area contributed by atoms with Crippen LogP contribution in [0.1, 0.15) is 62.7 Å². The fourth-order valence-electron chi connectivity index (χ4n) is 2.18. The molecule has 1 rings (SSSR count). The van der Waals surface area contributed by atoms with Gasteiger partial charge in [0.15, 0.2) is 4.90 Å². The average molecular weight is 295 g/mol. The summed E-state index contributed by atoms with van der Waals surface area (Å²) in [4.78, 5) is 12.2. The topological polar surface area (TPSA) is 37.3 Å². The summed E-state index contributed by atoms with van der Waals surface area (Å²) in [5.74, 6) is 1.67. The summed E-state index contributed by atoms with van der Waals surface area (Å²) in [7, 11) is 0.295. The van der Waals surface area contributed by atoms with Crippen LogP contribution in [-0.2, 0) is 10.9 Å². The Morgan fingerprint density at radius 3 is 1.85 bits per heavy atom. The summed E-state index contributed by atoms with van der Waals surface area (Å²) < 4.78 is 0. The summed E-state index contributed by atoms with van der Waals surface area (Å²) >= 11 is 0. The van der Waals surface area contributed by atoms with Crippen molar-refractivity contribution in [3.05, 3.63) is 29.8 Å². The average Bonchev–Trinajstić information content (AvgIpc) is 2.46. The zero-order valence-corrected chi connectivity index (χ0v) is 13.5. The monoisotopic (exact) mass is 295 g/mol. The fourth-order valence-corrected chi connectivity index (χ4v) is 4.48. The van der Waals surface area contributed by atoms with Gasteiger partial charge in [-0.1, -0.05) is 26.7 Å². The van der Waals surface area contributed by atoms with Gasteiger partial charge in [-0.15, -0.1) is 0 Å². The third-order valence-corrected chi connectivity index (χ3v) is 5.92. The summed E-state index contributed by atoms with van der Waals surface area (Å²) in [6.45, 7) is 4.47. The van der Waals surface area contributed by atoms with E-state index >= 15 is 0 Å². The van der Waals surface area contributed by atoms with Crippen LogP contribution >= 0.6 is 0 Å². The van der Waals surface area contributed by atoms with E-state index in [2.05, 4.69) is 13.8 Å². The Labute approximate surface area is 125 Å². The van der Waals surface area contributed by atoms with Gasteiger partial charge in [-0.05, 0) is 49.9 Å². The van der Waals surface area contributed by atoms with E-state index in [9.17, 15) is 4.79 Å². The minimum atomic E-state index is -0.839. The molecule has 20 heavy (non-hydrogen) atoms. The fraction of sp³-hybridized carbons (Fsp3) is 0.588. The number of rotatable bonds is 10. The lowest BCUT2D eigenvalue weighted by molar-refractivity contribution is 0.0697. The van der Waals surface area contributed by atoms with E-state index < -0.39 is 5.97 Å². The second-order valence-corrected chi connectivity index (χ2v) is 7.42. The molecule has 2 nitrogen and oxygen atoms in total. The van der Waals surface area contributed by atoms with Gasteiger partial charge < -0.3 is 5.11 Å².